The molecule has 2 aromatic rings. The maximum absolute atomic E-state index is 12.0. The molecule has 0 aliphatic carbocycles. The van der Waals surface area contributed by atoms with Crippen LogP contribution in [-0.2, 0) is 4.57 Å². The molecule has 13 heavy (non-hydrogen) atoms. The van der Waals surface area contributed by atoms with Crippen molar-refractivity contribution in [3.63, 3.8) is 0 Å². The Kier molecular flexibility index (Phi) is 0.601. The van der Waals surface area contributed by atoms with Gasteiger partial charge in [-0.1, -0.05) is 0 Å². The van der Waals surface area contributed by atoms with Crippen LogP contribution in [0.25, 0.3) is 10.9 Å². The van der Waals surface area contributed by atoms with Gasteiger partial charge < -0.3 is 14.9 Å². The highest BCUT2D eigenvalue weighted by Gasteiger charge is 2.61. The molecule has 1 unspecified atom stereocenters. The van der Waals surface area contributed by atoms with Crippen LogP contribution in [0.3, 0.4) is 0 Å². The third-order valence-corrected chi connectivity index (χ3v) is 5.91. The van der Waals surface area contributed by atoms with Crippen LogP contribution >= 0.6 is 7.14 Å². The summed E-state index contributed by atoms with van der Waals surface area (Å²) in [4.78, 5) is 0. The summed E-state index contributed by atoms with van der Waals surface area (Å²) in [6, 6.07) is 3.45. The van der Waals surface area contributed by atoms with Crippen molar-refractivity contribution in [2.24, 2.45) is 0 Å². The molecule has 0 saturated heterocycles. The van der Waals surface area contributed by atoms with Crippen LogP contribution in [0.2, 0.25) is 0 Å². The molecule has 4 nitrogen and oxygen atoms in total. The van der Waals surface area contributed by atoms with E-state index in [0.717, 1.165) is 16.0 Å². The van der Waals surface area contributed by atoms with E-state index in [0.29, 0.717) is 15.6 Å². The molecule has 2 N–H and O–H groups in total. The van der Waals surface area contributed by atoms with Crippen molar-refractivity contribution < 1.29 is 14.9 Å². The fourth-order valence-corrected chi connectivity index (χ4v) is 5.29. The van der Waals surface area contributed by atoms with E-state index in [-0.39, 0.29) is 5.88 Å². The number of hydrogen-bond acceptors (Lipinski definition) is 3. The Labute approximate surface area is 72.4 Å². The van der Waals surface area contributed by atoms with Crippen LogP contribution in [0.1, 0.15) is 0 Å². The predicted octanol–water partition coefficient (Wildman–Crippen LogP) is -0.150. The van der Waals surface area contributed by atoms with Crippen LogP contribution in [0, 0.1) is 0 Å². The number of aromatic hydroxyl groups is 1. The molecule has 1 aromatic carbocycles. The number of aromatic nitrogens is 1. The molecule has 5 heteroatoms. The van der Waals surface area contributed by atoms with Crippen LogP contribution in [0.5, 0.6) is 5.88 Å². The Hall–Kier alpha value is -1.41. The van der Waals surface area contributed by atoms with Crippen molar-refractivity contribution in [1.82, 2.24) is 4.73 Å². The van der Waals surface area contributed by atoms with Gasteiger partial charge in [0.2, 0.25) is 5.88 Å². The van der Waals surface area contributed by atoms with E-state index in [9.17, 15) is 14.9 Å². The van der Waals surface area contributed by atoms with Gasteiger partial charge >= 0.3 is 0 Å². The molecule has 1 aromatic heterocycles. The lowest BCUT2D eigenvalue weighted by molar-refractivity contribution is 0.169. The van der Waals surface area contributed by atoms with Crippen molar-refractivity contribution in [2.45, 2.75) is 0 Å². The van der Waals surface area contributed by atoms with Gasteiger partial charge in [-0.15, -0.1) is 0 Å². The summed E-state index contributed by atoms with van der Waals surface area (Å²) in [5.74, 6) is -0.253. The predicted molar refractivity (Wildman–Crippen MR) is 47.3 cm³/mol. The first-order valence-corrected chi connectivity index (χ1v) is 5.59. The van der Waals surface area contributed by atoms with E-state index in [2.05, 4.69) is 0 Å². The van der Waals surface area contributed by atoms with Gasteiger partial charge in [0.15, 0.2) is 7.14 Å². The SMILES string of the molecule is O=P12c3ccc4c(c31)c2c(O)n4O. The summed E-state index contributed by atoms with van der Waals surface area (Å²) >= 11 is 0. The second kappa shape index (κ2) is 1.28. The summed E-state index contributed by atoms with van der Waals surface area (Å²) in [6.07, 6.45) is 0. The molecule has 0 fully saturated rings. The first kappa shape index (κ1) is 6.11. The first-order chi connectivity index (χ1) is 6.17. The Morgan fingerprint density at radius 1 is 1.31 bits per heavy atom. The van der Waals surface area contributed by atoms with Crippen LogP contribution in [0.15, 0.2) is 12.1 Å². The van der Waals surface area contributed by atoms with Crippen molar-refractivity contribution in [3.05, 3.63) is 12.1 Å². The number of rotatable bonds is 0. The van der Waals surface area contributed by atoms with E-state index >= 15 is 0 Å². The lowest BCUT2D eigenvalue weighted by atomic mass is 10.2. The largest absolute Gasteiger partial charge is 0.492 e. The van der Waals surface area contributed by atoms with Gasteiger partial charge in [-0.05, 0) is 12.1 Å². The van der Waals surface area contributed by atoms with Crippen molar-refractivity contribution in [3.8, 4) is 5.88 Å². The third kappa shape index (κ3) is 0.345. The van der Waals surface area contributed by atoms with Gasteiger partial charge in [-0.2, -0.15) is 4.73 Å². The molecule has 1 atom stereocenters. The number of hydrogen-bond donors (Lipinski definition) is 2. The summed E-state index contributed by atoms with van der Waals surface area (Å²) in [6.45, 7) is 0. The third-order valence-electron chi connectivity index (χ3n) is 2.93. The van der Waals surface area contributed by atoms with Crippen molar-refractivity contribution in [2.75, 3.05) is 0 Å². The molecule has 0 bridgehead atoms. The highest BCUT2D eigenvalue weighted by Crippen LogP contribution is 2.65. The summed E-state index contributed by atoms with van der Waals surface area (Å²) < 4.78 is 12.7. The van der Waals surface area contributed by atoms with Gasteiger partial charge in [0.05, 0.1) is 10.8 Å². The zero-order valence-electron chi connectivity index (χ0n) is 6.35. The Bertz CT molecular complexity index is 655. The zero-order valence-corrected chi connectivity index (χ0v) is 7.25. The number of benzene rings is 1. The molecule has 0 spiro atoms. The molecular formula is C8H4NO3P. The second-order valence-corrected chi connectivity index (χ2v) is 6.02. The molecule has 3 heterocycles. The second-order valence-electron chi connectivity index (χ2n) is 3.42. The lowest BCUT2D eigenvalue weighted by Crippen LogP contribution is -2.11. The Morgan fingerprint density at radius 3 is 2.85 bits per heavy atom. The zero-order chi connectivity index (χ0) is 8.96. The van der Waals surface area contributed by atoms with E-state index in [1.807, 2.05) is 0 Å². The fourth-order valence-electron chi connectivity index (χ4n) is 2.29. The van der Waals surface area contributed by atoms with Gasteiger partial charge in [0, 0.05) is 16.0 Å². The molecule has 0 amide bonds. The Balaban J connectivity index is 2.45. The monoisotopic (exact) mass is 193 g/mol. The molecule has 0 radical (unpaired) electrons. The van der Waals surface area contributed by atoms with E-state index in [1.54, 1.807) is 12.1 Å². The molecule has 4 rings (SSSR count). The highest BCUT2D eigenvalue weighted by atomic mass is 31.2. The minimum absolute atomic E-state index is 0.253. The van der Waals surface area contributed by atoms with E-state index < -0.39 is 7.14 Å². The first-order valence-electron chi connectivity index (χ1n) is 3.88. The van der Waals surface area contributed by atoms with E-state index in [1.165, 1.54) is 0 Å². The molecular weight excluding hydrogens is 189 g/mol. The lowest BCUT2D eigenvalue weighted by Gasteiger charge is -2.03. The normalized spacial score (nSPS) is 26.2. The Morgan fingerprint density at radius 2 is 2.08 bits per heavy atom. The van der Waals surface area contributed by atoms with Crippen molar-refractivity contribution in [1.29, 1.82) is 0 Å². The van der Waals surface area contributed by atoms with Gasteiger partial charge in [-0.25, -0.2) is 0 Å². The van der Waals surface area contributed by atoms with E-state index in [4.69, 9.17) is 0 Å². The van der Waals surface area contributed by atoms with Gasteiger partial charge in [0.1, 0.15) is 0 Å². The average Bonchev–Trinajstić information content (AvgIpc) is 2.58. The molecule has 64 valence electrons. The molecule has 0 saturated carbocycles. The molecule has 2 aliphatic rings. The standard InChI is InChI=1S/C8H4NO3P/c10-8-7-5-3(9(8)11)1-2-4-6(5)13(4,7)12/h1-2,10-11H. The quantitative estimate of drug-likeness (QED) is 0.301. The summed E-state index contributed by atoms with van der Waals surface area (Å²) in [7, 11) is -2.45. The summed E-state index contributed by atoms with van der Waals surface area (Å²) in [5.41, 5.74) is 0.551. The van der Waals surface area contributed by atoms with Crippen molar-refractivity contribution >= 4 is 34.0 Å². The molecule has 2 aliphatic heterocycles. The summed E-state index contributed by atoms with van der Waals surface area (Å²) in [5, 5.41) is 21.8. The van der Waals surface area contributed by atoms with Gasteiger partial charge in [0.25, 0.3) is 0 Å². The van der Waals surface area contributed by atoms with Crippen LogP contribution in [-0.4, -0.2) is 15.0 Å². The topological polar surface area (TPSA) is 62.5 Å². The number of fused-ring (bicyclic) bond motifs is 2. The van der Waals surface area contributed by atoms with Crippen LogP contribution in [0.4, 0.5) is 0 Å². The van der Waals surface area contributed by atoms with Crippen LogP contribution < -0.4 is 15.9 Å². The fraction of sp³-hybridized carbons (Fsp3) is 0. The number of nitrogens with zero attached hydrogens (tertiary/aromatic N) is 1. The maximum Gasteiger partial charge on any atom is 0.237 e. The smallest absolute Gasteiger partial charge is 0.237 e. The van der Waals surface area contributed by atoms with Gasteiger partial charge in [-0.3, -0.25) is 0 Å². The highest BCUT2D eigenvalue weighted by molar-refractivity contribution is 7.99. The minimum atomic E-state index is -2.45. The average molecular weight is 193 g/mol. The maximum atomic E-state index is 12.0. The minimum Gasteiger partial charge on any atom is -0.492 e.